The molecule has 1 atom stereocenters. The number of aliphatic hydroxyl groups excluding tert-OH is 1. The molecule has 0 aromatic heterocycles. The van der Waals surface area contributed by atoms with Crippen LogP contribution < -0.4 is 5.32 Å². The summed E-state index contributed by atoms with van der Waals surface area (Å²) in [6.45, 7) is 5.63. The molecule has 1 rings (SSSR count). The molecule has 1 aromatic carbocycles. The van der Waals surface area contributed by atoms with E-state index in [9.17, 15) is 22.3 Å². The lowest BCUT2D eigenvalue weighted by Crippen LogP contribution is -2.42. The van der Waals surface area contributed by atoms with E-state index in [4.69, 9.17) is 0 Å². The molecular formula is C13H19F2NO3S. The molecule has 20 heavy (non-hydrogen) atoms. The van der Waals surface area contributed by atoms with Crippen LogP contribution >= 0.6 is 0 Å². The Bertz CT molecular complexity index is 567. The molecule has 2 N–H and O–H groups in total. The van der Waals surface area contributed by atoms with Gasteiger partial charge in [-0.1, -0.05) is 0 Å². The predicted molar refractivity (Wildman–Crippen MR) is 72.2 cm³/mol. The third kappa shape index (κ3) is 5.15. The van der Waals surface area contributed by atoms with E-state index in [1.165, 1.54) is 0 Å². The summed E-state index contributed by atoms with van der Waals surface area (Å²) < 4.78 is 50.4. The van der Waals surface area contributed by atoms with Gasteiger partial charge in [-0.05, 0) is 39.0 Å². The summed E-state index contributed by atoms with van der Waals surface area (Å²) in [5.74, 6) is -2.54. The Kier molecular flexibility index (Phi) is 5.23. The van der Waals surface area contributed by atoms with E-state index in [0.717, 1.165) is 12.1 Å². The maximum atomic E-state index is 13.4. The lowest BCUT2D eigenvalue weighted by Gasteiger charge is -2.22. The van der Waals surface area contributed by atoms with Crippen LogP contribution in [0, 0.1) is 11.6 Å². The van der Waals surface area contributed by atoms with E-state index in [0.29, 0.717) is 6.07 Å². The summed E-state index contributed by atoms with van der Waals surface area (Å²) in [6.07, 6.45) is -1.21. The van der Waals surface area contributed by atoms with Crippen molar-refractivity contribution in [3.05, 3.63) is 29.8 Å². The molecule has 0 aliphatic carbocycles. The Morgan fingerprint density at radius 3 is 2.45 bits per heavy atom. The molecule has 0 fully saturated rings. The van der Waals surface area contributed by atoms with Crippen LogP contribution in [0.3, 0.4) is 0 Å². The molecule has 0 amide bonds. The van der Waals surface area contributed by atoms with Crippen molar-refractivity contribution in [3.8, 4) is 0 Å². The van der Waals surface area contributed by atoms with E-state index in [1.54, 1.807) is 0 Å². The predicted octanol–water partition coefficient (Wildman–Crippen LogP) is 1.49. The minimum absolute atomic E-state index is 0.0413. The number of benzene rings is 1. The SMILES string of the molecule is CC(C)(C)NCC(O)CS(=O)(=O)c1cc(F)ccc1F. The Balaban J connectivity index is 2.82. The molecule has 0 aliphatic heterocycles. The molecule has 0 heterocycles. The van der Waals surface area contributed by atoms with Crippen molar-refractivity contribution in [1.82, 2.24) is 5.32 Å². The monoisotopic (exact) mass is 307 g/mol. The zero-order valence-electron chi connectivity index (χ0n) is 11.7. The number of β-amino-alcohol motifs (C(OH)–C–C–N with tert-alkyl or cyclic N) is 1. The number of hydrogen-bond acceptors (Lipinski definition) is 4. The number of sulfone groups is 1. The van der Waals surface area contributed by atoms with Gasteiger partial charge in [0.25, 0.3) is 0 Å². The normalized spacial score (nSPS) is 14.3. The first-order chi connectivity index (χ1) is 9.01. The third-order valence-electron chi connectivity index (χ3n) is 2.51. The standard InChI is InChI=1S/C13H19F2NO3S/c1-13(2,3)16-7-10(17)8-20(18,19)12-6-9(14)4-5-11(12)15/h4-6,10,16-17H,7-8H2,1-3H3. The van der Waals surface area contributed by atoms with Crippen LogP contribution in [0.5, 0.6) is 0 Å². The minimum Gasteiger partial charge on any atom is -0.391 e. The van der Waals surface area contributed by atoms with Crippen LogP contribution in [0.25, 0.3) is 0 Å². The summed E-state index contributed by atoms with van der Waals surface area (Å²) in [5, 5.41) is 12.7. The highest BCUT2D eigenvalue weighted by Gasteiger charge is 2.24. The molecule has 1 aromatic rings. The Hall–Kier alpha value is -1.05. The molecule has 0 radical (unpaired) electrons. The lowest BCUT2D eigenvalue weighted by molar-refractivity contribution is 0.181. The molecule has 7 heteroatoms. The molecular weight excluding hydrogens is 288 g/mol. The van der Waals surface area contributed by atoms with Gasteiger partial charge in [-0.25, -0.2) is 17.2 Å². The average molecular weight is 307 g/mol. The molecule has 1 unspecified atom stereocenters. The van der Waals surface area contributed by atoms with Crippen molar-refractivity contribution in [3.63, 3.8) is 0 Å². The fourth-order valence-corrected chi connectivity index (χ4v) is 3.00. The second-order valence-electron chi connectivity index (χ2n) is 5.64. The molecule has 0 aliphatic rings. The summed E-state index contributed by atoms with van der Waals surface area (Å²) >= 11 is 0. The molecule has 114 valence electrons. The summed E-state index contributed by atoms with van der Waals surface area (Å²) in [5.41, 5.74) is -0.283. The van der Waals surface area contributed by atoms with Crippen LogP contribution in [0.2, 0.25) is 0 Å². The van der Waals surface area contributed by atoms with Crippen molar-refractivity contribution in [2.24, 2.45) is 0 Å². The van der Waals surface area contributed by atoms with Gasteiger partial charge < -0.3 is 10.4 Å². The second kappa shape index (κ2) is 6.15. The molecule has 0 bridgehead atoms. The van der Waals surface area contributed by atoms with E-state index in [-0.39, 0.29) is 12.1 Å². The Morgan fingerprint density at radius 2 is 1.90 bits per heavy atom. The van der Waals surface area contributed by atoms with Gasteiger partial charge >= 0.3 is 0 Å². The molecule has 0 spiro atoms. The van der Waals surface area contributed by atoms with Crippen molar-refractivity contribution in [1.29, 1.82) is 0 Å². The maximum Gasteiger partial charge on any atom is 0.183 e. The average Bonchev–Trinajstić information content (AvgIpc) is 2.28. The topological polar surface area (TPSA) is 66.4 Å². The van der Waals surface area contributed by atoms with Crippen LogP contribution in [0.1, 0.15) is 20.8 Å². The van der Waals surface area contributed by atoms with Gasteiger partial charge in [0.15, 0.2) is 9.84 Å². The highest BCUT2D eigenvalue weighted by atomic mass is 32.2. The zero-order chi connectivity index (χ0) is 15.6. The highest BCUT2D eigenvalue weighted by Crippen LogP contribution is 2.18. The number of aliphatic hydroxyl groups is 1. The van der Waals surface area contributed by atoms with Gasteiger partial charge in [0.05, 0.1) is 11.9 Å². The first-order valence-electron chi connectivity index (χ1n) is 6.12. The van der Waals surface area contributed by atoms with Gasteiger partial charge in [0.2, 0.25) is 0 Å². The number of halogens is 2. The number of hydrogen-bond donors (Lipinski definition) is 2. The zero-order valence-corrected chi connectivity index (χ0v) is 12.5. The largest absolute Gasteiger partial charge is 0.391 e. The summed E-state index contributed by atoms with van der Waals surface area (Å²) in [4.78, 5) is -0.729. The lowest BCUT2D eigenvalue weighted by atomic mass is 10.1. The van der Waals surface area contributed by atoms with E-state index >= 15 is 0 Å². The fourth-order valence-electron chi connectivity index (χ4n) is 1.54. The van der Waals surface area contributed by atoms with Crippen LogP contribution in [0.15, 0.2) is 23.1 Å². The van der Waals surface area contributed by atoms with Crippen molar-refractivity contribution >= 4 is 9.84 Å². The van der Waals surface area contributed by atoms with Crippen molar-refractivity contribution in [2.45, 2.75) is 37.3 Å². The van der Waals surface area contributed by atoms with Crippen LogP contribution in [-0.4, -0.2) is 37.5 Å². The van der Waals surface area contributed by atoms with E-state index < -0.39 is 38.2 Å². The number of nitrogens with one attached hydrogen (secondary N) is 1. The van der Waals surface area contributed by atoms with Gasteiger partial charge in [0.1, 0.15) is 16.5 Å². The van der Waals surface area contributed by atoms with Gasteiger partial charge in [-0.15, -0.1) is 0 Å². The summed E-state index contributed by atoms with van der Waals surface area (Å²) in [6, 6.07) is 2.21. The van der Waals surface area contributed by atoms with E-state index in [1.807, 2.05) is 20.8 Å². The second-order valence-corrected chi connectivity index (χ2v) is 7.64. The van der Waals surface area contributed by atoms with Gasteiger partial charge in [-0.3, -0.25) is 0 Å². The van der Waals surface area contributed by atoms with Gasteiger partial charge in [0, 0.05) is 12.1 Å². The Morgan fingerprint density at radius 1 is 1.30 bits per heavy atom. The first kappa shape index (κ1) is 17.0. The Labute approximate surface area is 117 Å². The minimum atomic E-state index is -4.09. The quantitative estimate of drug-likeness (QED) is 0.865. The molecule has 0 saturated heterocycles. The van der Waals surface area contributed by atoms with Crippen molar-refractivity contribution < 1.29 is 22.3 Å². The van der Waals surface area contributed by atoms with Crippen LogP contribution in [0.4, 0.5) is 8.78 Å². The number of rotatable bonds is 5. The van der Waals surface area contributed by atoms with Crippen LogP contribution in [-0.2, 0) is 9.84 Å². The highest BCUT2D eigenvalue weighted by molar-refractivity contribution is 7.91. The molecule has 0 saturated carbocycles. The smallest absolute Gasteiger partial charge is 0.183 e. The molecule has 4 nitrogen and oxygen atoms in total. The third-order valence-corrected chi connectivity index (χ3v) is 4.31. The van der Waals surface area contributed by atoms with Gasteiger partial charge in [-0.2, -0.15) is 0 Å². The first-order valence-corrected chi connectivity index (χ1v) is 7.77. The van der Waals surface area contributed by atoms with Crippen molar-refractivity contribution in [2.75, 3.05) is 12.3 Å². The maximum absolute atomic E-state index is 13.4. The van der Waals surface area contributed by atoms with E-state index in [2.05, 4.69) is 5.32 Å². The summed E-state index contributed by atoms with van der Waals surface area (Å²) in [7, 11) is -4.09. The fraction of sp³-hybridized carbons (Fsp3) is 0.538.